The quantitative estimate of drug-likeness (QED) is 0.188. The maximum Gasteiger partial charge on any atom is 0.164 e. The number of para-hydroxylation sites is 1. The van der Waals surface area contributed by atoms with E-state index in [1.807, 2.05) is 66.7 Å². The molecular weight excluding hydrogens is 625 g/mol. The zero-order valence-corrected chi connectivity index (χ0v) is 27.9. The molecule has 1 saturated carbocycles. The lowest BCUT2D eigenvalue weighted by atomic mass is 9.67. The smallest absolute Gasteiger partial charge is 0.164 e. The van der Waals surface area contributed by atoms with Gasteiger partial charge in [-0.1, -0.05) is 110 Å². The Hall–Kier alpha value is -6.38. The van der Waals surface area contributed by atoms with Crippen molar-refractivity contribution in [3.63, 3.8) is 0 Å². The first-order valence-corrected chi connectivity index (χ1v) is 17.7. The molecule has 2 aliphatic rings. The van der Waals surface area contributed by atoms with Crippen LogP contribution >= 0.6 is 0 Å². The average Bonchev–Trinajstić information content (AvgIpc) is 3.71. The summed E-state index contributed by atoms with van der Waals surface area (Å²) in [7, 11) is 0. The van der Waals surface area contributed by atoms with Crippen molar-refractivity contribution in [2.24, 2.45) is 0 Å². The predicted molar refractivity (Wildman–Crippen MR) is 203 cm³/mol. The molecule has 0 unspecified atom stereocenters. The van der Waals surface area contributed by atoms with E-state index in [1.54, 1.807) is 0 Å². The molecule has 2 aliphatic carbocycles. The second-order valence-electron chi connectivity index (χ2n) is 13.8. The van der Waals surface area contributed by atoms with Gasteiger partial charge in [0.2, 0.25) is 0 Å². The number of aromatic nitrogens is 3. The van der Waals surface area contributed by atoms with Gasteiger partial charge in [0.1, 0.15) is 11.2 Å². The largest absolute Gasteiger partial charge is 0.456 e. The van der Waals surface area contributed by atoms with Crippen molar-refractivity contribution in [1.82, 2.24) is 15.0 Å². The number of benzene rings is 6. The molecule has 0 saturated heterocycles. The van der Waals surface area contributed by atoms with Crippen LogP contribution in [0.4, 0.5) is 0 Å². The second-order valence-corrected chi connectivity index (χ2v) is 13.8. The molecule has 5 nitrogen and oxygen atoms in total. The fourth-order valence-electron chi connectivity index (χ4n) is 8.60. The summed E-state index contributed by atoms with van der Waals surface area (Å²) in [6.07, 6.45) is 5.98. The van der Waals surface area contributed by atoms with Gasteiger partial charge in [0.25, 0.3) is 0 Å². The molecule has 0 atom stereocenters. The van der Waals surface area contributed by atoms with Gasteiger partial charge in [-0.25, -0.2) is 15.0 Å². The van der Waals surface area contributed by atoms with Gasteiger partial charge in [-0.2, -0.15) is 5.26 Å². The summed E-state index contributed by atoms with van der Waals surface area (Å²) in [5.41, 5.74) is 12.6. The van der Waals surface area contributed by atoms with Gasteiger partial charge in [-0.3, -0.25) is 0 Å². The zero-order chi connectivity index (χ0) is 33.9. The summed E-state index contributed by atoms with van der Waals surface area (Å²) < 4.78 is 6.12. The minimum absolute atomic E-state index is 0.000363. The molecule has 2 heterocycles. The zero-order valence-electron chi connectivity index (χ0n) is 27.9. The first kappa shape index (κ1) is 29.5. The van der Waals surface area contributed by atoms with E-state index >= 15 is 0 Å². The van der Waals surface area contributed by atoms with E-state index < -0.39 is 0 Å². The monoisotopic (exact) mass is 656 g/mol. The lowest BCUT2D eigenvalue weighted by Gasteiger charge is -2.36. The van der Waals surface area contributed by atoms with E-state index in [0.29, 0.717) is 23.0 Å². The number of nitriles is 1. The lowest BCUT2D eigenvalue weighted by Crippen LogP contribution is -2.28. The second kappa shape index (κ2) is 11.6. The van der Waals surface area contributed by atoms with Crippen LogP contribution in [0.3, 0.4) is 0 Å². The molecule has 1 fully saturated rings. The Morgan fingerprint density at radius 2 is 1.20 bits per heavy atom. The first-order chi connectivity index (χ1) is 25.2. The standard InChI is InChI=1S/C46H32N4O/c47-28-29-19-21-38-37(25-29)42-34(16-10-17-39(42)46(38)23-7-2-8-24-46)31-13-9-14-32(26-31)44-48-43(30-11-3-1-4-12-30)49-45(50-44)33-20-22-41-36(27-33)35-15-5-6-18-40(35)51-41/h1,3-6,9-22,25-27H,2,7-8,23-24H2. The van der Waals surface area contributed by atoms with Crippen molar-refractivity contribution >= 4 is 21.9 Å². The van der Waals surface area contributed by atoms with Crippen molar-refractivity contribution in [2.45, 2.75) is 37.5 Å². The highest BCUT2D eigenvalue weighted by atomic mass is 16.3. The molecule has 0 N–H and O–H groups in total. The van der Waals surface area contributed by atoms with Crippen LogP contribution in [0.25, 0.3) is 78.4 Å². The van der Waals surface area contributed by atoms with E-state index in [9.17, 15) is 5.26 Å². The highest BCUT2D eigenvalue weighted by molar-refractivity contribution is 6.06. The fraction of sp³-hybridized carbons (Fsp3) is 0.130. The molecule has 8 aromatic rings. The van der Waals surface area contributed by atoms with Gasteiger partial charge in [-0.15, -0.1) is 0 Å². The number of fused-ring (bicyclic) bond motifs is 8. The molecule has 5 heteroatoms. The van der Waals surface area contributed by atoms with Crippen molar-refractivity contribution in [3.8, 4) is 62.5 Å². The molecule has 6 aromatic carbocycles. The van der Waals surface area contributed by atoms with Crippen molar-refractivity contribution < 1.29 is 4.42 Å². The molecule has 10 rings (SSSR count). The first-order valence-electron chi connectivity index (χ1n) is 17.7. The predicted octanol–water partition coefficient (Wildman–Crippen LogP) is 11.5. The Labute approximate surface area is 295 Å². The number of hydrogen-bond donors (Lipinski definition) is 0. The fourth-order valence-corrected chi connectivity index (χ4v) is 8.60. The highest BCUT2D eigenvalue weighted by Gasteiger charge is 2.44. The normalized spacial score (nSPS) is 14.4. The number of rotatable bonds is 4. The maximum atomic E-state index is 9.89. The van der Waals surface area contributed by atoms with Crippen LogP contribution in [-0.4, -0.2) is 15.0 Å². The van der Waals surface area contributed by atoms with E-state index in [4.69, 9.17) is 19.4 Å². The Balaban J connectivity index is 1.14. The summed E-state index contributed by atoms with van der Waals surface area (Å²) in [5, 5.41) is 12.0. The van der Waals surface area contributed by atoms with Crippen LogP contribution in [0.2, 0.25) is 0 Å². The summed E-state index contributed by atoms with van der Waals surface area (Å²) in [5.74, 6) is 1.84. The van der Waals surface area contributed by atoms with Crippen molar-refractivity contribution in [1.29, 1.82) is 5.26 Å². The van der Waals surface area contributed by atoms with Gasteiger partial charge in [0.05, 0.1) is 11.6 Å². The van der Waals surface area contributed by atoms with Crippen LogP contribution in [-0.2, 0) is 5.41 Å². The SMILES string of the molecule is N#Cc1ccc2c(c1)-c1c(-c3cccc(-c4nc(-c5ccccc5)nc(-c5ccc6oc7ccccc7c6c5)n4)c3)cccc1C21CCCCC1. The summed E-state index contributed by atoms with van der Waals surface area (Å²) in [6, 6.07) is 48.4. The molecule has 51 heavy (non-hydrogen) atoms. The molecule has 2 aromatic heterocycles. The van der Waals surface area contributed by atoms with Crippen molar-refractivity contribution in [2.75, 3.05) is 0 Å². The van der Waals surface area contributed by atoms with Gasteiger partial charge in [0.15, 0.2) is 17.5 Å². The van der Waals surface area contributed by atoms with Crippen LogP contribution in [0.1, 0.15) is 48.8 Å². The van der Waals surface area contributed by atoms with E-state index in [-0.39, 0.29) is 5.41 Å². The molecule has 1 spiro atoms. The molecule has 0 radical (unpaired) electrons. The number of furan rings is 1. The maximum absolute atomic E-state index is 9.89. The van der Waals surface area contributed by atoms with Crippen LogP contribution < -0.4 is 0 Å². The lowest BCUT2D eigenvalue weighted by molar-refractivity contribution is 0.353. The minimum Gasteiger partial charge on any atom is -0.456 e. The molecule has 242 valence electrons. The Morgan fingerprint density at radius 1 is 0.510 bits per heavy atom. The Morgan fingerprint density at radius 3 is 2.02 bits per heavy atom. The molecule has 0 amide bonds. The Bertz CT molecular complexity index is 2700. The van der Waals surface area contributed by atoms with Crippen LogP contribution in [0, 0.1) is 11.3 Å². The van der Waals surface area contributed by atoms with Gasteiger partial charge in [0, 0.05) is 32.9 Å². The Kier molecular flexibility index (Phi) is 6.72. The average molecular weight is 657 g/mol. The summed E-state index contributed by atoms with van der Waals surface area (Å²) in [4.78, 5) is 15.2. The molecule has 0 aliphatic heterocycles. The van der Waals surface area contributed by atoms with Gasteiger partial charge < -0.3 is 4.42 Å². The van der Waals surface area contributed by atoms with Gasteiger partial charge in [-0.05, 0) is 88.7 Å². The highest BCUT2D eigenvalue weighted by Crippen LogP contribution is 2.58. The van der Waals surface area contributed by atoms with Gasteiger partial charge >= 0.3 is 0 Å². The molecular formula is C46H32N4O. The van der Waals surface area contributed by atoms with E-state index in [0.717, 1.165) is 57.0 Å². The number of hydrogen-bond acceptors (Lipinski definition) is 5. The third-order valence-electron chi connectivity index (χ3n) is 11.0. The third kappa shape index (κ3) is 4.71. The topological polar surface area (TPSA) is 75.6 Å². The van der Waals surface area contributed by atoms with E-state index in [2.05, 4.69) is 72.8 Å². The minimum atomic E-state index is -0.000363. The van der Waals surface area contributed by atoms with Crippen molar-refractivity contribution in [3.05, 3.63) is 150 Å². The summed E-state index contributed by atoms with van der Waals surface area (Å²) >= 11 is 0. The van der Waals surface area contributed by atoms with E-state index in [1.165, 1.54) is 47.1 Å². The third-order valence-corrected chi connectivity index (χ3v) is 11.0. The summed E-state index contributed by atoms with van der Waals surface area (Å²) in [6.45, 7) is 0. The number of nitrogens with zero attached hydrogens (tertiary/aromatic N) is 4. The molecule has 0 bridgehead atoms. The van der Waals surface area contributed by atoms with Crippen LogP contribution in [0.15, 0.2) is 138 Å². The van der Waals surface area contributed by atoms with Crippen LogP contribution in [0.5, 0.6) is 0 Å².